The molecule has 0 aliphatic rings. The lowest BCUT2D eigenvalue weighted by Gasteiger charge is -2.10. The quantitative estimate of drug-likeness (QED) is 0.154. The Kier molecular flexibility index (Phi) is 8.47. The van der Waals surface area contributed by atoms with Crippen molar-refractivity contribution in [1.29, 1.82) is 0 Å². The van der Waals surface area contributed by atoms with Crippen LogP contribution < -0.4 is 0 Å². The van der Waals surface area contributed by atoms with Gasteiger partial charge >= 0.3 is 0 Å². The van der Waals surface area contributed by atoms with Gasteiger partial charge in [-0.1, -0.05) is 182 Å². The van der Waals surface area contributed by atoms with Crippen LogP contribution in [0.3, 0.4) is 0 Å². The van der Waals surface area contributed by atoms with Crippen LogP contribution in [0.1, 0.15) is 0 Å². The van der Waals surface area contributed by atoms with E-state index < -0.39 is 0 Å². The maximum atomic E-state index is 4.97. The standard InChI is InChI=1S/C52H34N4/c1-3-7-35(8-4-1)36-19-24-44(25-20-36)51-54-50(43-9-5-2-6-10-43)55-52(56-51)45-26-21-40(22-27-45)38-13-11-37(12-14-38)39-15-17-41(18-16-39)46-29-30-48-47(33-46)28-23-42-31-32-53-34-49(42)48/h1-34H. The summed E-state index contributed by atoms with van der Waals surface area (Å²) in [6.07, 6.45) is 3.80. The fourth-order valence-electron chi connectivity index (χ4n) is 7.40. The summed E-state index contributed by atoms with van der Waals surface area (Å²) in [6, 6.07) is 68.1. The van der Waals surface area contributed by atoms with Gasteiger partial charge in [-0.05, 0) is 72.8 Å². The molecule has 10 aromatic rings. The van der Waals surface area contributed by atoms with Crippen molar-refractivity contribution in [3.8, 4) is 78.7 Å². The first-order chi connectivity index (χ1) is 27.7. The molecule has 56 heavy (non-hydrogen) atoms. The van der Waals surface area contributed by atoms with Gasteiger partial charge in [-0.25, -0.2) is 15.0 Å². The third-order valence-corrected chi connectivity index (χ3v) is 10.5. The SMILES string of the molecule is c1ccc(-c2ccc(-c3nc(-c4ccccc4)nc(-c4ccc(-c5ccc(-c6ccc(-c7ccc8c(ccc9ccncc98)c7)cc6)cc5)cc4)n3)cc2)cc1. The van der Waals surface area contributed by atoms with E-state index in [9.17, 15) is 0 Å². The summed E-state index contributed by atoms with van der Waals surface area (Å²) < 4.78 is 0. The zero-order valence-electron chi connectivity index (χ0n) is 30.4. The van der Waals surface area contributed by atoms with Gasteiger partial charge in [-0.3, -0.25) is 4.98 Å². The predicted molar refractivity (Wildman–Crippen MR) is 231 cm³/mol. The molecular formula is C52H34N4. The van der Waals surface area contributed by atoms with E-state index >= 15 is 0 Å². The largest absolute Gasteiger partial charge is 0.264 e. The van der Waals surface area contributed by atoms with E-state index in [0.717, 1.165) is 33.4 Å². The summed E-state index contributed by atoms with van der Waals surface area (Å²) in [6.45, 7) is 0. The topological polar surface area (TPSA) is 51.6 Å². The van der Waals surface area contributed by atoms with E-state index in [1.165, 1.54) is 49.4 Å². The molecule has 0 N–H and O–H groups in total. The number of fused-ring (bicyclic) bond motifs is 3. The molecule has 4 heteroatoms. The molecule has 4 nitrogen and oxygen atoms in total. The second-order valence-electron chi connectivity index (χ2n) is 13.9. The monoisotopic (exact) mass is 714 g/mol. The molecular weight excluding hydrogens is 681 g/mol. The Balaban J connectivity index is 0.893. The maximum Gasteiger partial charge on any atom is 0.164 e. The number of hydrogen-bond donors (Lipinski definition) is 0. The Hall–Kier alpha value is -7.56. The Morgan fingerprint density at radius 1 is 0.250 bits per heavy atom. The molecule has 0 unspecified atom stereocenters. The number of rotatable bonds is 7. The highest BCUT2D eigenvalue weighted by Crippen LogP contribution is 2.33. The van der Waals surface area contributed by atoms with E-state index in [4.69, 9.17) is 15.0 Å². The van der Waals surface area contributed by atoms with Crippen LogP contribution in [0.15, 0.2) is 207 Å². The van der Waals surface area contributed by atoms with Crippen molar-refractivity contribution in [3.63, 3.8) is 0 Å². The van der Waals surface area contributed by atoms with Gasteiger partial charge in [0.05, 0.1) is 0 Å². The van der Waals surface area contributed by atoms with E-state index in [1.807, 2.05) is 48.8 Å². The lowest BCUT2D eigenvalue weighted by atomic mass is 9.96. The van der Waals surface area contributed by atoms with Crippen molar-refractivity contribution in [1.82, 2.24) is 19.9 Å². The number of aromatic nitrogens is 4. The van der Waals surface area contributed by atoms with Gasteiger partial charge in [-0.2, -0.15) is 0 Å². The van der Waals surface area contributed by atoms with Gasteiger partial charge in [0.25, 0.3) is 0 Å². The molecule has 0 saturated carbocycles. The number of pyridine rings is 1. The average molecular weight is 715 g/mol. The fraction of sp³-hybridized carbons (Fsp3) is 0. The molecule has 262 valence electrons. The van der Waals surface area contributed by atoms with Gasteiger partial charge in [0, 0.05) is 34.5 Å². The van der Waals surface area contributed by atoms with E-state index in [2.05, 4.69) is 163 Å². The van der Waals surface area contributed by atoms with Crippen LogP contribution in [0.2, 0.25) is 0 Å². The van der Waals surface area contributed by atoms with Crippen molar-refractivity contribution >= 4 is 21.5 Å². The highest BCUT2D eigenvalue weighted by atomic mass is 15.0. The molecule has 0 aliphatic heterocycles. The van der Waals surface area contributed by atoms with Crippen molar-refractivity contribution in [2.45, 2.75) is 0 Å². The summed E-state index contributed by atoms with van der Waals surface area (Å²) in [7, 11) is 0. The molecule has 0 radical (unpaired) electrons. The highest BCUT2D eigenvalue weighted by molar-refractivity contribution is 6.08. The molecule has 0 fully saturated rings. The summed E-state index contributed by atoms with van der Waals surface area (Å²) in [5, 5.41) is 4.84. The first-order valence-corrected chi connectivity index (χ1v) is 18.8. The second kappa shape index (κ2) is 14.3. The van der Waals surface area contributed by atoms with Crippen LogP contribution >= 0.6 is 0 Å². The summed E-state index contributed by atoms with van der Waals surface area (Å²) in [4.78, 5) is 19.2. The Morgan fingerprint density at radius 2 is 0.607 bits per heavy atom. The fourth-order valence-corrected chi connectivity index (χ4v) is 7.40. The average Bonchev–Trinajstić information content (AvgIpc) is 3.29. The van der Waals surface area contributed by atoms with Gasteiger partial charge in [-0.15, -0.1) is 0 Å². The minimum atomic E-state index is 0.640. The Morgan fingerprint density at radius 3 is 1.09 bits per heavy atom. The summed E-state index contributed by atoms with van der Waals surface area (Å²) in [5.41, 5.74) is 12.2. The molecule has 8 aromatic carbocycles. The Bertz CT molecular complexity index is 2960. The predicted octanol–water partition coefficient (Wildman–Crippen LogP) is 13.2. The minimum absolute atomic E-state index is 0.640. The molecule has 0 bridgehead atoms. The lowest BCUT2D eigenvalue weighted by molar-refractivity contribution is 1.07. The van der Waals surface area contributed by atoms with Crippen molar-refractivity contribution in [2.24, 2.45) is 0 Å². The molecule has 2 aromatic heterocycles. The van der Waals surface area contributed by atoms with E-state index in [0.29, 0.717) is 17.5 Å². The van der Waals surface area contributed by atoms with Gasteiger partial charge in [0.15, 0.2) is 17.5 Å². The first kappa shape index (κ1) is 33.0. The number of nitrogens with zero attached hydrogens (tertiary/aromatic N) is 4. The van der Waals surface area contributed by atoms with Crippen molar-refractivity contribution < 1.29 is 0 Å². The third-order valence-electron chi connectivity index (χ3n) is 10.5. The smallest absolute Gasteiger partial charge is 0.164 e. The summed E-state index contributed by atoms with van der Waals surface area (Å²) in [5.74, 6) is 1.93. The van der Waals surface area contributed by atoms with Crippen LogP contribution in [0.4, 0.5) is 0 Å². The number of hydrogen-bond acceptors (Lipinski definition) is 4. The van der Waals surface area contributed by atoms with Crippen LogP contribution in [-0.4, -0.2) is 19.9 Å². The van der Waals surface area contributed by atoms with Gasteiger partial charge < -0.3 is 0 Å². The molecule has 0 aliphatic carbocycles. The number of benzene rings is 8. The van der Waals surface area contributed by atoms with E-state index in [-0.39, 0.29) is 0 Å². The molecule has 2 heterocycles. The molecule has 0 amide bonds. The highest BCUT2D eigenvalue weighted by Gasteiger charge is 2.13. The van der Waals surface area contributed by atoms with Gasteiger partial charge in [0.2, 0.25) is 0 Å². The zero-order chi connectivity index (χ0) is 37.3. The maximum absolute atomic E-state index is 4.97. The van der Waals surface area contributed by atoms with Crippen molar-refractivity contribution in [3.05, 3.63) is 207 Å². The third kappa shape index (κ3) is 6.50. The molecule has 10 rings (SSSR count). The van der Waals surface area contributed by atoms with Crippen LogP contribution in [0.25, 0.3) is 100 Å². The molecule has 0 spiro atoms. The normalized spacial score (nSPS) is 11.2. The molecule has 0 saturated heterocycles. The Labute approximate surface area is 325 Å². The summed E-state index contributed by atoms with van der Waals surface area (Å²) >= 11 is 0. The zero-order valence-corrected chi connectivity index (χ0v) is 30.4. The van der Waals surface area contributed by atoms with E-state index in [1.54, 1.807) is 0 Å². The lowest BCUT2D eigenvalue weighted by Crippen LogP contribution is -2.00. The molecule has 0 atom stereocenters. The van der Waals surface area contributed by atoms with Crippen molar-refractivity contribution in [2.75, 3.05) is 0 Å². The minimum Gasteiger partial charge on any atom is -0.264 e. The van der Waals surface area contributed by atoms with Gasteiger partial charge in [0.1, 0.15) is 0 Å². The second-order valence-corrected chi connectivity index (χ2v) is 13.9. The van der Waals surface area contributed by atoms with Crippen LogP contribution in [-0.2, 0) is 0 Å². The van der Waals surface area contributed by atoms with Crippen LogP contribution in [0.5, 0.6) is 0 Å². The first-order valence-electron chi connectivity index (χ1n) is 18.8. The van der Waals surface area contributed by atoms with Crippen LogP contribution in [0, 0.1) is 0 Å².